The molecule has 1 aliphatic carbocycles. The van der Waals surface area contributed by atoms with Crippen LogP contribution in [0.25, 0.3) is 4.85 Å². The maximum atomic E-state index is 6.85. The Labute approximate surface area is 56.9 Å². The van der Waals surface area contributed by atoms with E-state index in [0.29, 0.717) is 12.0 Å². The van der Waals surface area contributed by atoms with Crippen LogP contribution in [-0.4, -0.2) is 6.04 Å². The number of nitrogens with zero attached hydrogens (tertiary/aromatic N) is 1. The quantitative estimate of drug-likeness (QED) is 0.436. The summed E-state index contributed by atoms with van der Waals surface area (Å²) < 4.78 is 0. The van der Waals surface area contributed by atoms with E-state index >= 15 is 0 Å². The first kappa shape index (κ1) is 6.61. The van der Waals surface area contributed by atoms with Gasteiger partial charge in [0, 0.05) is 12.3 Å². The van der Waals surface area contributed by atoms with Gasteiger partial charge in [0.15, 0.2) is 0 Å². The van der Waals surface area contributed by atoms with E-state index in [1.165, 1.54) is 19.3 Å². The minimum Gasteiger partial charge on any atom is -0.313 e. The van der Waals surface area contributed by atoms with Crippen molar-refractivity contribution in [2.45, 2.75) is 38.6 Å². The molecule has 0 spiro atoms. The Hall–Kier alpha value is -0.510. The summed E-state index contributed by atoms with van der Waals surface area (Å²) in [6.07, 6.45) is 5.03. The number of hydrogen-bond donors (Lipinski definition) is 0. The fourth-order valence-corrected chi connectivity index (χ4v) is 1.49. The van der Waals surface area contributed by atoms with Crippen molar-refractivity contribution < 1.29 is 0 Å². The Morgan fingerprint density at radius 1 is 1.33 bits per heavy atom. The number of hydrogen-bond acceptors (Lipinski definition) is 0. The molecule has 1 aliphatic rings. The zero-order valence-corrected chi connectivity index (χ0v) is 5.93. The van der Waals surface area contributed by atoms with Crippen molar-refractivity contribution in [2.75, 3.05) is 0 Å². The van der Waals surface area contributed by atoms with E-state index in [4.69, 9.17) is 6.57 Å². The molecule has 1 saturated carbocycles. The van der Waals surface area contributed by atoms with Crippen molar-refractivity contribution in [3.63, 3.8) is 0 Å². The average molecular weight is 123 g/mol. The predicted octanol–water partition coefficient (Wildman–Crippen LogP) is 2.48. The highest BCUT2D eigenvalue weighted by molar-refractivity contribution is 4.86. The third-order valence-electron chi connectivity index (χ3n) is 2.23. The summed E-state index contributed by atoms with van der Waals surface area (Å²) in [7, 11) is 0. The molecule has 1 heteroatoms. The lowest BCUT2D eigenvalue weighted by Crippen LogP contribution is -2.18. The largest absolute Gasteiger partial charge is 0.313 e. The topological polar surface area (TPSA) is 4.36 Å². The summed E-state index contributed by atoms with van der Waals surface area (Å²) in [6.45, 7) is 9.05. The first-order chi connectivity index (χ1) is 4.34. The Bertz CT molecular complexity index is 123. The summed E-state index contributed by atoms with van der Waals surface area (Å²) in [6, 6.07) is 0.346. The summed E-state index contributed by atoms with van der Waals surface area (Å²) >= 11 is 0. The van der Waals surface area contributed by atoms with Gasteiger partial charge < -0.3 is 4.85 Å². The van der Waals surface area contributed by atoms with E-state index < -0.39 is 0 Å². The average Bonchev–Trinajstić information content (AvgIpc) is 1.89. The molecule has 0 N–H and O–H groups in total. The van der Waals surface area contributed by atoms with Gasteiger partial charge in [0.25, 0.3) is 0 Å². The van der Waals surface area contributed by atoms with Crippen molar-refractivity contribution in [2.24, 2.45) is 5.92 Å². The van der Waals surface area contributed by atoms with Crippen LogP contribution >= 0.6 is 0 Å². The van der Waals surface area contributed by atoms with Gasteiger partial charge in [-0.1, -0.05) is 13.3 Å². The Kier molecular flexibility index (Phi) is 2.10. The second-order valence-corrected chi connectivity index (χ2v) is 2.96. The van der Waals surface area contributed by atoms with Crippen LogP contribution in [0.15, 0.2) is 0 Å². The standard InChI is InChI=1S/C8H13N/c1-7-5-3-4-6-8(7)9-2/h7-8H,3-6H2,1H3/t7-,8?/m0/s1. The molecule has 50 valence electrons. The van der Waals surface area contributed by atoms with Gasteiger partial charge in [-0.3, -0.25) is 0 Å². The highest BCUT2D eigenvalue weighted by Crippen LogP contribution is 2.25. The molecule has 0 bridgehead atoms. The van der Waals surface area contributed by atoms with Crippen LogP contribution in [0.2, 0.25) is 0 Å². The lowest BCUT2D eigenvalue weighted by Gasteiger charge is -2.18. The molecule has 9 heavy (non-hydrogen) atoms. The zero-order chi connectivity index (χ0) is 6.69. The van der Waals surface area contributed by atoms with Crippen LogP contribution in [0.4, 0.5) is 0 Å². The lowest BCUT2D eigenvalue weighted by atomic mass is 9.86. The molecular weight excluding hydrogens is 110 g/mol. The van der Waals surface area contributed by atoms with E-state index in [0.717, 1.165) is 6.42 Å². The summed E-state index contributed by atoms with van der Waals surface area (Å²) in [4.78, 5) is 3.58. The molecule has 0 radical (unpaired) electrons. The van der Waals surface area contributed by atoms with Gasteiger partial charge in [0.1, 0.15) is 0 Å². The van der Waals surface area contributed by atoms with Crippen LogP contribution in [0.1, 0.15) is 32.6 Å². The molecule has 1 nitrogen and oxygen atoms in total. The molecule has 0 aromatic rings. The molecule has 0 heterocycles. The van der Waals surface area contributed by atoms with Gasteiger partial charge in [-0.2, -0.15) is 0 Å². The van der Waals surface area contributed by atoms with Gasteiger partial charge in [0.2, 0.25) is 6.04 Å². The molecule has 0 saturated heterocycles. The van der Waals surface area contributed by atoms with Gasteiger partial charge in [-0.25, -0.2) is 6.57 Å². The summed E-state index contributed by atoms with van der Waals surface area (Å²) in [5.74, 6) is 0.663. The monoisotopic (exact) mass is 123 g/mol. The van der Waals surface area contributed by atoms with E-state index in [2.05, 4.69) is 11.8 Å². The van der Waals surface area contributed by atoms with Crippen molar-refractivity contribution >= 4 is 0 Å². The predicted molar refractivity (Wildman–Crippen MR) is 38.0 cm³/mol. The molecule has 0 aromatic heterocycles. The SMILES string of the molecule is [C-]#[N+]C1CCCC[C@@H]1C. The van der Waals surface area contributed by atoms with Crippen molar-refractivity contribution in [1.29, 1.82) is 0 Å². The van der Waals surface area contributed by atoms with Crippen molar-refractivity contribution in [1.82, 2.24) is 0 Å². The summed E-state index contributed by atoms with van der Waals surface area (Å²) in [5, 5.41) is 0. The van der Waals surface area contributed by atoms with Crippen LogP contribution in [0.3, 0.4) is 0 Å². The van der Waals surface area contributed by atoms with Gasteiger partial charge in [-0.05, 0) is 12.8 Å². The minimum absolute atomic E-state index is 0.346. The molecular formula is C8H13N. The highest BCUT2D eigenvalue weighted by atomic mass is 14.7. The minimum atomic E-state index is 0.346. The van der Waals surface area contributed by atoms with Crippen LogP contribution in [0, 0.1) is 12.5 Å². The first-order valence-electron chi connectivity index (χ1n) is 3.71. The van der Waals surface area contributed by atoms with Crippen molar-refractivity contribution in [3.8, 4) is 0 Å². The third kappa shape index (κ3) is 1.45. The highest BCUT2D eigenvalue weighted by Gasteiger charge is 2.24. The van der Waals surface area contributed by atoms with E-state index in [-0.39, 0.29) is 0 Å². The van der Waals surface area contributed by atoms with Crippen LogP contribution < -0.4 is 0 Å². The molecule has 0 aliphatic heterocycles. The maximum Gasteiger partial charge on any atom is 0.226 e. The molecule has 1 fully saturated rings. The lowest BCUT2D eigenvalue weighted by molar-refractivity contribution is 0.364. The van der Waals surface area contributed by atoms with Gasteiger partial charge in [-0.15, -0.1) is 0 Å². The molecule has 2 atom stereocenters. The molecule has 1 rings (SSSR count). The second-order valence-electron chi connectivity index (χ2n) is 2.96. The van der Waals surface area contributed by atoms with Crippen LogP contribution in [0.5, 0.6) is 0 Å². The van der Waals surface area contributed by atoms with Gasteiger partial charge >= 0.3 is 0 Å². The van der Waals surface area contributed by atoms with Crippen LogP contribution in [-0.2, 0) is 0 Å². The second kappa shape index (κ2) is 2.87. The Morgan fingerprint density at radius 3 is 2.44 bits per heavy atom. The van der Waals surface area contributed by atoms with E-state index in [1.807, 2.05) is 0 Å². The first-order valence-corrected chi connectivity index (χ1v) is 3.71. The smallest absolute Gasteiger partial charge is 0.226 e. The Balaban J connectivity index is 2.41. The molecule has 1 unspecified atom stereocenters. The van der Waals surface area contributed by atoms with Gasteiger partial charge in [0.05, 0.1) is 0 Å². The van der Waals surface area contributed by atoms with E-state index in [1.54, 1.807) is 0 Å². The zero-order valence-electron chi connectivity index (χ0n) is 5.93. The normalized spacial score (nSPS) is 35.6. The summed E-state index contributed by atoms with van der Waals surface area (Å²) in [5.41, 5.74) is 0. The van der Waals surface area contributed by atoms with Crippen molar-refractivity contribution in [3.05, 3.63) is 11.4 Å². The molecule has 0 aromatic carbocycles. The van der Waals surface area contributed by atoms with E-state index in [9.17, 15) is 0 Å². The number of rotatable bonds is 0. The maximum absolute atomic E-state index is 6.85. The molecule has 0 amide bonds. The Morgan fingerprint density at radius 2 is 2.00 bits per heavy atom. The third-order valence-corrected chi connectivity index (χ3v) is 2.23. The fourth-order valence-electron chi connectivity index (χ4n) is 1.49. The fraction of sp³-hybridized carbons (Fsp3) is 0.875.